The van der Waals surface area contributed by atoms with Gasteiger partial charge in [-0.1, -0.05) is 23.2 Å². The maximum Gasteiger partial charge on any atom is 0.130 e. The highest BCUT2D eigenvalue weighted by Gasteiger charge is 2.03. The van der Waals surface area contributed by atoms with Crippen LogP contribution in [-0.2, 0) is 0 Å². The molecular weight excluding hydrogens is 333 g/mol. The lowest BCUT2D eigenvalue weighted by Crippen LogP contribution is -2.20. The molecule has 0 aliphatic rings. The summed E-state index contributed by atoms with van der Waals surface area (Å²) in [6.07, 6.45) is -0.573. The fourth-order valence-electron chi connectivity index (χ4n) is 1.65. The molecule has 0 aliphatic carbocycles. The summed E-state index contributed by atoms with van der Waals surface area (Å²) in [5, 5.41) is 13.5. The van der Waals surface area contributed by atoms with Gasteiger partial charge in [-0.05, 0) is 42.5 Å². The van der Waals surface area contributed by atoms with E-state index in [0.717, 1.165) is 5.69 Å². The average Bonchev–Trinajstić information content (AvgIpc) is 2.45. The quantitative estimate of drug-likeness (QED) is 0.738. The molecule has 112 valence electrons. The minimum Gasteiger partial charge on any atom is -0.457 e. The lowest BCUT2D eigenvalue weighted by molar-refractivity contribution is 0.211. The maximum absolute atomic E-state index is 9.38. The van der Waals surface area contributed by atoms with Crippen LogP contribution in [0.3, 0.4) is 0 Å². The van der Waals surface area contributed by atoms with Crippen LogP contribution in [0, 0.1) is 0 Å². The first-order chi connectivity index (χ1) is 10.1. The number of rotatable bonds is 6. The fourth-order valence-corrected chi connectivity index (χ4v) is 2.27. The summed E-state index contributed by atoms with van der Waals surface area (Å²) >= 11 is 17.4. The number of halogens is 3. The molecule has 1 unspecified atom stereocenters. The Labute approximate surface area is 138 Å². The number of ether oxygens (including phenoxy) is 1. The van der Waals surface area contributed by atoms with E-state index in [1.807, 2.05) is 24.3 Å². The number of hydrogen-bond acceptors (Lipinski definition) is 3. The van der Waals surface area contributed by atoms with Crippen molar-refractivity contribution in [1.29, 1.82) is 0 Å². The van der Waals surface area contributed by atoms with Crippen molar-refractivity contribution in [3.8, 4) is 11.5 Å². The second-order valence-corrected chi connectivity index (χ2v) is 5.60. The van der Waals surface area contributed by atoms with Gasteiger partial charge in [-0.15, -0.1) is 11.6 Å². The maximum atomic E-state index is 9.38. The number of aliphatic hydroxyl groups excluding tert-OH is 1. The van der Waals surface area contributed by atoms with Crippen LogP contribution in [0.25, 0.3) is 0 Å². The monoisotopic (exact) mass is 345 g/mol. The van der Waals surface area contributed by atoms with Gasteiger partial charge in [-0.3, -0.25) is 0 Å². The second-order valence-electron chi connectivity index (χ2n) is 4.42. The molecule has 2 rings (SSSR count). The first-order valence-corrected chi connectivity index (χ1v) is 7.58. The van der Waals surface area contributed by atoms with Crippen LogP contribution in [0.4, 0.5) is 5.69 Å². The van der Waals surface area contributed by atoms with Gasteiger partial charge in [0.2, 0.25) is 0 Å². The van der Waals surface area contributed by atoms with Crippen LogP contribution in [0.15, 0.2) is 42.5 Å². The van der Waals surface area contributed by atoms with Gasteiger partial charge in [-0.2, -0.15) is 0 Å². The minimum atomic E-state index is -0.573. The van der Waals surface area contributed by atoms with E-state index in [4.69, 9.17) is 39.5 Å². The number of anilines is 1. The summed E-state index contributed by atoms with van der Waals surface area (Å²) in [6, 6.07) is 12.3. The van der Waals surface area contributed by atoms with E-state index < -0.39 is 6.10 Å². The summed E-state index contributed by atoms with van der Waals surface area (Å²) in [7, 11) is 0. The normalized spacial score (nSPS) is 12.0. The van der Waals surface area contributed by atoms with Crippen molar-refractivity contribution in [2.75, 3.05) is 17.7 Å². The molecule has 0 bridgehead atoms. The van der Waals surface area contributed by atoms with E-state index >= 15 is 0 Å². The second kappa shape index (κ2) is 7.76. The standard InChI is InChI=1S/C15H14Cl3NO2/c16-8-13(20)9-19-12-1-3-14(4-2-12)21-15-6-10(17)5-11(18)7-15/h1-7,13,19-20H,8-9H2. The molecule has 0 saturated carbocycles. The summed E-state index contributed by atoms with van der Waals surface area (Å²) in [4.78, 5) is 0. The number of hydrogen-bond donors (Lipinski definition) is 2. The first-order valence-electron chi connectivity index (χ1n) is 6.29. The number of aliphatic hydroxyl groups is 1. The topological polar surface area (TPSA) is 41.5 Å². The average molecular weight is 347 g/mol. The Hall–Kier alpha value is -1.13. The van der Waals surface area contributed by atoms with Gasteiger partial charge in [0.1, 0.15) is 11.5 Å². The summed E-state index contributed by atoms with van der Waals surface area (Å²) in [6.45, 7) is 0.396. The predicted octanol–water partition coefficient (Wildman–Crippen LogP) is 4.80. The molecule has 2 aromatic rings. The summed E-state index contributed by atoms with van der Waals surface area (Å²) < 4.78 is 5.67. The predicted molar refractivity (Wildman–Crippen MR) is 88.2 cm³/mol. The molecule has 6 heteroatoms. The molecule has 0 aromatic heterocycles. The Balaban J connectivity index is 1.98. The van der Waals surface area contributed by atoms with Gasteiger partial charge < -0.3 is 15.2 Å². The number of benzene rings is 2. The smallest absolute Gasteiger partial charge is 0.130 e. The van der Waals surface area contributed by atoms with Crippen LogP contribution in [0.1, 0.15) is 0 Å². The van der Waals surface area contributed by atoms with Crippen molar-refractivity contribution in [2.45, 2.75) is 6.10 Å². The third-order valence-corrected chi connectivity index (χ3v) is 3.44. The van der Waals surface area contributed by atoms with Crippen LogP contribution >= 0.6 is 34.8 Å². The third kappa shape index (κ3) is 5.29. The Morgan fingerprint density at radius 2 is 1.62 bits per heavy atom. The Kier molecular flexibility index (Phi) is 6.00. The van der Waals surface area contributed by atoms with Gasteiger partial charge in [-0.25, -0.2) is 0 Å². The fraction of sp³-hybridized carbons (Fsp3) is 0.200. The van der Waals surface area contributed by atoms with E-state index in [1.165, 1.54) is 0 Å². The summed E-state index contributed by atoms with van der Waals surface area (Å²) in [5.41, 5.74) is 0.871. The molecule has 1 atom stereocenters. The highest BCUT2D eigenvalue weighted by atomic mass is 35.5. The Morgan fingerprint density at radius 3 is 2.19 bits per heavy atom. The Bertz CT molecular complexity index is 570. The van der Waals surface area contributed by atoms with E-state index in [9.17, 15) is 5.11 Å². The van der Waals surface area contributed by atoms with Gasteiger partial charge in [0.15, 0.2) is 0 Å². The zero-order valence-electron chi connectivity index (χ0n) is 11.0. The van der Waals surface area contributed by atoms with E-state index in [-0.39, 0.29) is 5.88 Å². The van der Waals surface area contributed by atoms with Crippen LogP contribution in [-0.4, -0.2) is 23.6 Å². The van der Waals surface area contributed by atoms with Crippen molar-refractivity contribution < 1.29 is 9.84 Å². The molecule has 0 spiro atoms. The molecule has 0 aliphatic heterocycles. The van der Waals surface area contributed by atoms with E-state index in [0.29, 0.717) is 28.1 Å². The van der Waals surface area contributed by atoms with E-state index in [1.54, 1.807) is 18.2 Å². The lowest BCUT2D eigenvalue weighted by Gasteiger charge is -2.11. The molecule has 21 heavy (non-hydrogen) atoms. The van der Waals surface area contributed by atoms with Crippen molar-refractivity contribution in [2.24, 2.45) is 0 Å². The van der Waals surface area contributed by atoms with Crippen molar-refractivity contribution in [3.63, 3.8) is 0 Å². The lowest BCUT2D eigenvalue weighted by atomic mass is 10.3. The van der Waals surface area contributed by atoms with Gasteiger partial charge in [0.05, 0.1) is 12.0 Å². The largest absolute Gasteiger partial charge is 0.457 e. The van der Waals surface area contributed by atoms with Gasteiger partial charge in [0, 0.05) is 22.3 Å². The molecule has 0 radical (unpaired) electrons. The minimum absolute atomic E-state index is 0.198. The van der Waals surface area contributed by atoms with E-state index in [2.05, 4.69) is 5.32 Å². The third-order valence-electron chi connectivity index (χ3n) is 2.65. The van der Waals surface area contributed by atoms with Crippen LogP contribution < -0.4 is 10.1 Å². The van der Waals surface area contributed by atoms with Crippen LogP contribution in [0.2, 0.25) is 10.0 Å². The molecule has 0 fully saturated rings. The SMILES string of the molecule is OC(CCl)CNc1ccc(Oc2cc(Cl)cc(Cl)c2)cc1. The molecule has 2 N–H and O–H groups in total. The van der Waals surface area contributed by atoms with Gasteiger partial charge in [0.25, 0.3) is 0 Å². The zero-order chi connectivity index (χ0) is 15.2. The molecule has 0 heterocycles. The van der Waals surface area contributed by atoms with Crippen molar-refractivity contribution in [3.05, 3.63) is 52.5 Å². The Morgan fingerprint density at radius 1 is 1.00 bits per heavy atom. The molecule has 0 amide bonds. The number of alkyl halides is 1. The first kappa shape index (κ1) is 16.2. The zero-order valence-corrected chi connectivity index (χ0v) is 13.3. The van der Waals surface area contributed by atoms with Crippen molar-refractivity contribution in [1.82, 2.24) is 0 Å². The molecule has 0 saturated heterocycles. The van der Waals surface area contributed by atoms with Gasteiger partial charge >= 0.3 is 0 Å². The molecule has 3 nitrogen and oxygen atoms in total. The summed E-state index contributed by atoms with van der Waals surface area (Å²) in [5.74, 6) is 1.44. The van der Waals surface area contributed by atoms with Crippen molar-refractivity contribution >= 4 is 40.5 Å². The highest BCUT2D eigenvalue weighted by molar-refractivity contribution is 6.34. The highest BCUT2D eigenvalue weighted by Crippen LogP contribution is 2.28. The molecule has 2 aromatic carbocycles. The number of nitrogens with one attached hydrogen (secondary N) is 1. The van der Waals surface area contributed by atoms with Crippen LogP contribution in [0.5, 0.6) is 11.5 Å². The molecular formula is C15H14Cl3NO2.